The molecular formula is C21H20F2N4O. The van der Waals surface area contributed by atoms with Crippen molar-refractivity contribution in [2.75, 3.05) is 10.6 Å². The third-order valence-electron chi connectivity index (χ3n) is 4.33. The molecule has 0 aliphatic rings. The van der Waals surface area contributed by atoms with E-state index in [1.165, 1.54) is 18.5 Å². The van der Waals surface area contributed by atoms with Crippen molar-refractivity contribution in [1.82, 2.24) is 9.97 Å². The van der Waals surface area contributed by atoms with Gasteiger partial charge in [0.15, 0.2) is 0 Å². The van der Waals surface area contributed by atoms with Crippen LogP contribution in [0.4, 0.5) is 26.1 Å². The average Bonchev–Trinajstić information content (AvgIpc) is 2.70. The lowest BCUT2D eigenvalue weighted by Crippen LogP contribution is -2.15. The van der Waals surface area contributed by atoms with E-state index in [9.17, 15) is 13.6 Å². The number of rotatable bonds is 6. The van der Waals surface area contributed by atoms with E-state index in [0.717, 1.165) is 41.8 Å². The molecule has 7 heteroatoms. The Morgan fingerprint density at radius 3 is 2.21 bits per heavy atom. The fourth-order valence-electron chi connectivity index (χ4n) is 2.81. The summed E-state index contributed by atoms with van der Waals surface area (Å²) in [6, 6.07) is 9.09. The first-order valence-electron chi connectivity index (χ1n) is 8.98. The van der Waals surface area contributed by atoms with Crippen molar-refractivity contribution in [2.45, 2.75) is 26.7 Å². The van der Waals surface area contributed by atoms with Crippen LogP contribution in [0.15, 0.2) is 48.8 Å². The van der Waals surface area contributed by atoms with Gasteiger partial charge in [0.05, 0.1) is 11.3 Å². The summed E-state index contributed by atoms with van der Waals surface area (Å²) in [7, 11) is 0. The Balaban J connectivity index is 1.76. The van der Waals surface area contributed by atoms with Gasteiger partial charge >= 0.3 is 0 Å². The van der Waals surface area contributed by atoms with E-state index in [2.05, 4.69) is 20.6 Å². The van der Waals surface area contributed by atoms with Gasteiger partial charge in [0.25, 0.3) is 5.91 Å². The lowest BCUT2D eigenvalue weighted by molar-refractivity contribution is 0.102. The zero-order valence-corrected chi connectivity index (χ0v) is 15.6. The number of carbonyl (C=O) groups is 1. The second kappa shape index (κ2) is 8.56. The summed E-state index contributed by atoms with van der Waals surface area (Å²) in [4.78, 5) is 20.7. The maximum atomic E-state index is 13.7. The third kappa shape index (κ3) is 4.31. The van der Waals surface area contributed by atoms with Gasteiger partial charge in [-0.2, -0.15) is 0 Å². The monoisotopic (exact) mass is 382 g/mol. The molecule has 0 aliphatic carbocycles. The summed E-state index contributed by atoms with van der Waals surface area (Å²) < 4.78 is 26.7. The Bertz CT molecular complexity index is 968. The van der Waals surface area contributed by atoms with Gasteiger partial charge in [0, 0.05) is 24.1 Å². The van der Waals surface area contributed by atoms with Crippen LogP contribution < -0.4 is 10.6 Å². The van der Waals surface area contributed by atoms with Crippen LogP contribution in [0.25, 0.3) is 0 Å². The SMILES string of the molecule is CCc1cccc(CC)c1NC(=O)c1cnc(Nc2ccc(F)cc2F)nc1. The number of benzene rings is 2. The molecule has 1 heterocycles. The summed E-state index contributed by atoms with van der Waals surface area (Å²) in [5.74, 6) is -1.65. The number of anilines is 3. The van der Waals surface area contributed by atoms with Crippen LogP contribution in [-0.2, 0) is 12.8 Å². The standard InChI is InChI=1S/C21H20F2N4O/c1-3-13-6-5-7-14(4-2)19(13)27-20(28)15-11-24-21(25-12-15)26-18-9-8-16(22)10-17(18)23/h5-12H,3-4H2,1-2H3,(H,27,28)(H,24,25,26). The Kier molecular flexibility index (Phi) is 5.93. The molecular weight excluding hydrogens is 362 g/mol. The van der Waals surface area contributed by atoms with E-state index in [0.29, 0.717) is 0 Å². The Morgan fingerprint density at radius 2 is 1.64 bits per heavy atom. The number of aryl methyl sites for hydroxylation is 2. The van der Waals surface area contributed by atoms with Gasteiger partial charge in [-0.25, -0.2) is 18.7 Å². The van der Waals surface area contributed by atoms with Crippen LogP contribution in [-0.4, -0.2) is 15.9 Å². The molecule has 1 amide bonds. The number of aromatic nitrogens is 2. The van der Waals surface area contributed by atoms with Gasteiger partial charge in [-0.15, -0.1) is 0 Å². The molecule has 0 atom stereocenters. The topological polar surface area (TPSA) is 66.9 Å². The van der Waals surface area contributed by atoms with E-state index in [1.54, 1.807) is 0 Å². The molecule has 1 aromatic heterocycles. The zero-order valence-electron chi connectivity index (χ0n) is 15.6. The van der Waals surface area contributed by atoms with Crippen LogP contribution in [0.5, 0.6) is 0 Å². The molecule has 3 aromatic rings. The van der Waals surface area contributed by atoms with Gasteiger partial charge < -0.3 is 10.6 Å². The number of para-hydroxylation sites is 1. The fraction of sp³-hybridized carbons (Fsp3) is 0.190. The number of nitrogens with one attached hydrogen (secondary N) is 2. The number of carbonyl (C=O) groups excluding carboxylic acids is 1. The molecule has 0 saturated carbocycles. The maximum absolute atomic E-state index is 13.7. The van der Waals surface area contributed by atoms with Crippen molar-refractivity contribution in [3.8, 4) is 0 Å². The van der Waals surface area contributed by atoms with Crippen LogP contribution in [0.1, 0.15) is 35.3 Å². The molecule has 3 rings (SSSR count). The molecule has 0 bridgehead atoms. The first kappa shape index (κ1) is 19.4. The van der Waals surface area contributed by atoms with E-state index < -0.39 is 11.6 Å². The normalized spacial score (nSPS) is 10.6. The second-order valence-electron chi connectivity index (χ2n) is 6.16. The van der Waals surface area contributed by atoms with E-state index in [1.807, 2.05) is 32.0 Å². The number of amides is 1. The molecule has 28 heavy (non-hydrogen) atoms. The number of hydrogen-bond acceptors (Lipinski definition) is 4. The van der Waals surface area contributed by atoms with Crippen molar-refractivity contribution in [2.24, 2.45) is 0 Å². The molecule has 2 aromatic carbocycles. The summed E-state index contributed by atoms with van der Waals surface area (Å²) in [6.45, 7) is 4.06. The largest absolute Gasteiger partial charge is 0.322 e. The number of nitrogens with zero attached hydrogens (tertiary/aromatic N) is 2. The molecule has 5 nitrogen and oxygen atoms in total. The van der Waals surface area contributed by atoms with Gasteiger partial charge in [-0.3, -0.25) is 4.79 Å². The molecule has 0 saturated heterocycles. The Labute approximate surface area is 161 Å². The van der Waals surface area contributed by atoms with Gasteiger partial charge in [0.1, 0.15) is 11.6 Å². The first-order chi connectivity index (χ1) is 13.5. The average molecular weight is 382 g/mol. The third-order valence-corrected chi connectivity index (χ3v) is 4.33. The minimum absolute atomic E-state index is 0.0445. The van der Waals surface area contributed by atoms with Gasteiger partial charge in [-0.05, 0) is 36.1 Å². The minimum Gasteiger partial charge on any atom is -0.322 e. The summed E-state index contributed by atoms with van der Waals surface area (Å²) in [6.07, 6.45) is 4.30. The van der Waals surface area contributed by atoms with E-state index in [-0.39, 0.29) is 23.1 Å². The second-order valence-corrected chi connectivity index (χ2v) is 6.16. The molecule has 0 aliphatic heterocycles. The highest BCUT2D eigenvalue weighted by molar-refractivity contribution is 6.04. The predicted octanol–water partition coefficient (Wildman–Crippen LogP) is 4.88. The smallest absolute Gasteiger partial charge is 0.258 e. The lowest BCUT2D eigenvalue weighted by atomic mass is 10.0. The van der Waals surface area contributed by atoms with Crippen molar-refractivity contribution < 1.29 is 13.6 Å². The van der Waals surface area contributed by atoms with Crippen molar-refractivity contribution >= 4 is 23.2 Å². The Hall–Kier alpha value is -3.35. The molecule has 0 unspecified atom stereocenters. The quantitative estimate of drug-likeness (QED) is 0.638. The fourth-order valence-corrected chi connectivity index (χ4v) is 2.81. The zero-order chi connectivity index (χ0) is 20.1. The molecule has 0 spiro atoms. The van der Waals surface area contributed by atoms with Crippen LogP contribution in [0.3, 0.4) is 0 Å². The summed E-state index contributed by atoms with van der Waals surface area (Å²) in [5.41, 5.74) is 3.24. The first-order valence-corrected chi connectivity index (χ1v) is 8.98. The van der Waals surface area contributed by atoms with Crippen LogP contribution in [0.2, 0.25) is 0 Å². The lowest BCUT2D eigenvalue weighted by Gasteiger charge is -2.14. The highest BCUT2D eigenvalue weighted by Gasteiger charge is 2.13. The molecule has 2 N–H and O–H groups in total. The van der Waals surface area contributed by atoms with Crippen molar-refractivity contribution in [3.63, 3.8) is 0 Å². The van der Waals surface area contributed by atoms with Gasteiger partial charge in [-0.1, -0.05) is 32.0 Å². The van der Waals surface area contributed by atoms with Crippen LogP contribution in [0, 0.1) is 11.6 Å². The Morgan fingerprint density at radius 1 is 1.00 bits per heavy atom. The summed E-state index contributed by atoms with van der Waals surface area (Å²) in [5, 5.41) is 5.60. The highest BCUT2D eigenvalue weighted by atomic mass is 19.1. The maximum Gasteiger partial charge on any atom is 0.258 e. The highest BCUT2D eigenvalue weighted by Crippen LogP contribution is 2.23. The van der Waals surface area contributed by atoms with E-state index in [4.69, 9.17) is 0 Å². The number of hydrogen-bond donors (Lipinski definition) is 2. The van der Waals surface area contributed by atoms with Gasteiger partial charge in [0.2, 0.25) is 5.95 Å². The van der Waals surface area contributed by atoms with Crippen molar-refractivity contribution in [3.05, 3.63) is 77.1 Å². The van der Waals surface area contributed by atoms with Crippen molar-refractivity contribution in [1.29, 1.82) is 0 Å². The summed E-state index contributed by atoms with van der Waals surface area (Å²) >= 11 is 0. The van der Waals surface area contributed by atoms with Crippen LogP contribution >= 0.6 is 0 Å². The minimum atomic E-state index is -0.756. The van der Waals surface area contributed by atoms with E-state index >= 15 is 0 Å². The molecule has 0 radical (unpaired) electrons. The predicted molar refractivity (Wildman–Crippen MR) is 105 cm³/mol. The number of halogens is 2. The molecule has 0 fully saturated rings. The molecule has 144 valence electrons.